The summed E-state index contributed by atoms with van der Waals surface area (Å²) in [7, 11) is 0. The first-order chi connectivity index (χ1) is 7.57. The standard InChI is InChI=1S/C11H16N2O2S/c1-8-3-4-9(16-8)13-10(14)12-7-11(15)5-2-6-11/h3-4,15H,2,5-7H2,1H3,(H2,12,13,14). The third-order valence-electron chi connectivity index (χ3n) is 2.84. The molecule has 5 heteroatoms. The molecule has 1 aliphatic rings. The lowest BCUT2D eigenvalue weighted by atomic mass is 9.80. The Morgan fingerprint density at radius 3 is 2.81 bits per heavy atom. The third-order valence-corrected chi connectivity index (χ3v) is 3.76. The van der Waals surface area contributed by atoms with Gasteiger partial charge in [0.2, 0.25) is 0 Å². The van der Waals surface area contributed by atoms with Crippen molar-refractivity contribution in [1.82, 2.24) is 5.32 Å². The number of thiophene rings is 1. The second-order valence-electron chi connectivity index (χ2n) is 4.30. The molecule has 4 nitrogen and oxygen atoms in total. The molecule has 1 aromatic rings. The molecule has 1 heterocycles. The molecular weight excluding hydrogens is 224 g/mol. The Labute approximate surface area is 98.7 Å². The van der Waals surface area contributed by atoms with Crippen LogP contribution in [0.15, 0.2) is 12.1 Å². The Morgan fingerprint density at radius 1 is 1.56 bits per heavy atom. The molecule has 0 radical (unpaired) electrons. The van der Waals surface area contributed by atoms with Gasteiger partial charge >= 0.3 is 6.03 Å². The van der Waals surface area contributed by atoms with Crippen molar-refractivity contribution in [3.63, 3.8) is 0 Å². The normalized spacial score (nSPS) is 17.6. The molecule has 1 aliphatic carbocycles. The van der Waals surface area contributed by atoms with Crippen molar-refractivity contribution in [1.29, 1.82) is 0 Å². The van der Waals surface area contributed by atoms with Crippen molar-refractivity contribution < 1.29 is 9.90 Å². The Morgan fingerprint density at radius 2 is 2.31 bits per heavy atom. The predicted molar refractivity (Wildman–Crippen MR) is 64.9 cm³/mol. The SMILES string of the molecule is Cc1ccc(NC(=O)NCC2(O)CCC2)s1. The highest BCUT2D eigenvalue weighted by Crippen LogP contribution is 2.30. The van der Waals surface area contributed by atoms with Gasteiger partial charge < -0.3 is 10.4 Å². The van der Waals surface area contributed by atoms with E-state index in [0.29, 0.717) is 6.54 Å². The largest absolute Gasteiger partial charge is 0.388 e. The minimum atomic E-state index is -0.664. The summed E-state index contributed by atoms with van der Waals surface area (Å²) < 4.78 is 0. The Hall–Kier alpha value is -1.07. The number of hydrogen-bond acceptors (Lipinski definition) is 3. The van der Waals surface area contributed by atoms with E-state index < -0.39 is 5.60 Å². The molecule has 0 spiro atoms. The molecule has 3 N–H and O–H groups in total. The first kappa shape index (κ1) is 11.4. The molecule has 0 unspecified atom stereocenters. The second-order valence-corrected chi connectivity index (χ2v) is 5.58. The van der Waals surface area contributed by atoms with Gasteiger partial charge in [-0.05, 0) is 38.3 Å². The summed E-state index contributed by atoms with van der Waals surface area (Å²) >= 11 is 1.53. The number of amides is 2. The van der Waals surface area contributed by atoms with Gasteiger partial charge in [-0.2, -0.15) is 0 Å². The van der Waals surface area contributed by atoms with Crippen LogP contribution < -0.4 is 10.6 Å². The third kappa shape index (κ3) is 2.74. The van der Waals surface area contributed by atoms with E-state index in [9.17, 15) is 9.90 Å². The summed E-state index contributed by atoms with van der Waals surface area (Å²) in [6.45, 7) is 2.33. The average molecular weight is 240 g/mol. The zero-order valence-corrected chi connectivity index (χ0v) is 10.1. The van der Waals surface area contributed by atoms with Crippen molar-refractivity contribution in [2.24, 2.45) is 0 Å². The molecule has 0 aliphatic heterocycles. The van der Waals surface area contributed by atoms with Crippen LogP contribution in [0.4, 0.5) is 9.80 Å². The highest BCUT2D eigenvalue weighted by Gasteiger charge is 2.34. The summed E-state index contributed by atoms with van der Waals surface area (Å²) in [6, 6.07) is 3.58. The maximum atomic E-state index is 11.5. The molecule has 2 rings (SSSR count). The van der Waals surface area contributed by atoms with E-state index in [1.807, 2.05) is 19.1 Å². The Kier molecular flexibility index (Phi) is 3.16. The topological polar surface area (TPSA) is 61.4 Å². The van der Waals surface area contributed by atoms with E-state index in [-0.39, 0.29) is 6.03 Å². The van der Waals surface area contributed by atoms with Crippen LogP contribution in [0.2, 0.25) is 0 Å². The van der Waals surface area contributed by atoms with E-state index in [0.717, 1.165) is 29.1 Å². The molecule has 0 bridgehead atoms. The molecule has 1 saturated carbocycles. The van der Waals surface area contributed by atoms with Crippen molar-refractivity contribution >= 4 is 22.4 Å². The van der Waals surface area contributed by atoms with Gasteiger partial charge in [-0.1, -0.05) is 0 Å². The number of carbonyl (C=O) groups excluding carboxylic acids is 1. The zero-order valence-electron chi connectivity index (χ0n) is 9.25. The van der Waals surface area contributed by atoms with Crippen LogP contribution in [0.1, 0.15) is 24.1 Å². The van der Waals surface area contributed by atoms with Gasteiger partial charge in [0, 0.05) is 11.4 Å². The summed E-state index contributed by atoms with van der Waals surface area (Å²) in [4.78, 5) is 12.6. The Bertz CT molecular complexity index is 385. The number of anilines is 1. The minimum absolute atomic E-state index is 0.248. The molecule has 1 fully saturated rings. The number of nitrogens with one attached hydrogen (secondary N) is 2. The highest BCUT2D eigenvalue weighted by molar-refractivity contribution is 7.16. The fourth-order valence-electron chi connectivity index (χ4n) is 1.66. The first-order valence-corrected chi connectivity index (χ1v) is 6.23. The fraction of sp³-hybridized carbons (Fsp3) is 0.545. The molecule has 0 atom stereocenters. The van der Waals surface area contributed by atoms with Gasteiger partial charge in [-0.3, -0.25) is 5.32 Å². The minimum Gasteiger partial charge on any atom is -0.388 e. The summed E-state index contributed by atoms with van der Waals surface area (Å²) in [5, 5.41) is 16.0. The zero-order chi connectivity index (χ0) is 11.6. The lowest BCUT2D eigenvalue weighted by molar-refractivity contribution is -0.0287. The highest BCUT2D eigenvalue weighted by atomic mass is 32.1. The van der Waals surface area contributed by atoms with Gasteiger partial charge in [0.15, 0.2) is 0 Å². The molecular formula is C11H16N2O2S. The molecule has 1 aromatic heterocycles. The monoisotopic (exact) mass is 240 g/mol. The molecule has 2 amide bonds. The lowest BCUT2D eigenvalue weighted by Gasteiger charge is -2.36. The van der Waals surface area contributed by atoms with Crippen LogP contribution in [-0.4, -0.2) is 23.3 Å². The number of carbonyl (C=O) groups is 1. The van der Waals surface area contributed by atoms with E-state index >= 15 is 0 Å². The quantitative estimate of drug-likeness (QED) is 0.757. The van der Waals surface area contributed by atoms with Crippen LogP contribution in [0.3, 0.4) is 0 Å². The van der Waals surface area contributed by atoms with Crippen LogP contribution in [0.25, 0.3) is 0 Å². The smallest absolute Gasteiger partial charge is 0.319 e. The maximum absolute atomic E-state index is 11.5. The predicted octanol–water partition coefficient (Wildman–Crippen LogP) is 2.09. The van der Waals surface area contributed by atoms with Crippen LogP contribution in [-0.2, 0) is 0 Å². The summed E-state index contributed by atoms with van der Waals surface area (Å²) in [5.41, 5.74) is -0.664. The number of hydrogen-bond donors (Lipinski definition) is 3. The molecule has 0 saturated heterocycles. The number of rotatable bonds is 3. The van der Waals surface area contributed by atoms with Gasteiger partial charge in [0.1, 0.15) is 0 Å². The van der Waals surface area contributed by atoms with E-state index in [4.69, 9.17) is 0 Å². The van der Waals surface area contributed by atoms with E-state index in [1.165, 1.54) is 11.3 Å². The van der Waals surface area contributed by atoms with E-state index in [2.05, 4.69) is 10.6 Å². The maximum Gasteiger partial charge on any atom is 0.319 e. The van der Waals surface area contributed by atoms with E-state index in [1.54, 1.807) is 0 Å². The number of urea groups is 1. The molecule has 16 heavy (non-hydrogen) atoms. The Balaban J connectivity index is 1.76. The van der Waals surface area contributed by atoms with Gasteiger partial charge in [-0.15, -0.1) is 11.3 Å². The summed E-state index contributed by atoms with van der Waals surface area (Å²) in [6.07, 6.45) is 2.61. The van der Waals surface area contributed by atoms with Gasteiger partial charge in [0.05, 0.1) is 10.6 Å². The van der Waals surface area contributed by atoms with Crippen molar-refractivity contribution in [3.05, 3.63) is 17.0 Å². The summed E-state index contributed by atoms with van der Waals surface area (Å²) in [5.74, 6) is 0. The van der Waals surface area contributed by atoms with Crippen molar-refractivity contribution in [2.75, 3.05) is 11.9 Å². The first-order valence-electron chi connectivity index (χ1n) is 5.41. The van der Waals surface area contributed by atoms with Crippen LogP contribution >= 0.6 is 11.3 Å². The average Bonchev–Trinajstić information content (AvgIpc) is 2.58. The van der Waals surface area contributed by atoms with Gasteiger partial charge in [0.25, 0.3) is 0 Å². The van der Waals surface area contributed by atoms with Gasteiger partial charge in [-0.25, -0.2) is 4.79 Å². The number of aryl methyl sites for hydroxylation is 1. The number of aliphatic hydroxyl groups is 1. The lowest BCUT2D eigenvalue weighted by Crippen LogP contribution is -2.48. The van der Waals surface area contributed by atoms with Crippen LogP contribution in [0.5, 0.6) is 0 Å². The second kappa shape index (κ2) is 4.43. The molecule has 88 valence electrons. The van der Waals surface area contributed by atoms with Crippen molar-refractivity contribution in [2.45, 2.75) is 31.8 Å². The fourth-order valence-corrected chi connectivity index (χ4v) is 2.43. The van der Waals surface area contributed by atoms with Crippen LogP contribution in [0, 0.1) is 6.92 Å². The molecule has 0 aromatic carbocycles. The van der Waals surface area contributed by atoms with Crippen molar-refractivity contribution in [3.8, 4) is 0 Å².